The Kier molecular flexibility index (Phi) is 6.88. The van der Waals surface area contributed by atoms with E-state index in [9.17, 15) is 4.79 Å². The Morgan fingerprint density at radius 2 is 1.67 bits per heavy atom. The third kappa shape index (κ3) is 5.25. The summed E-state index contributed by atoms with van der Waals surface area (Å²) in [5, 5.41) is 2.87. The first kappa shape index (κ1) is 20.5. The van der Waals surface area contributed by atoms with Crippen LogP contribution >= 0.6 is 0 Å². The Hall–Kier alpha value is -1.51. The van der Waals surface area contributed by atoms with Crippen LogP contribution in [0.2, 0.25) is 0 Å². The van der Waals surface area contributed by atoms with Crippen LogP contribution in [-0.4, -0.2) is 18.6 Å². The number of carbonyl (C=O) groups excluding carboxylic acids is 1. The van der Waals surface area contributed by atoms with Crippen molar-refractivity contribution in [1.29, 1.82) is 0 Å². The van der Waals surface area contributed by atoms with Crippen LogP contribution in [0.25, 0.3) is 0 Å². The third-order valence-electron chi connectivity index (χ3n) is 5.07. The molecule has 3 nitrogen and oxygen atoms in total. The quantitative estimate of drug-likeness (QED) is 0.730. The van der Waals surface area contributed by atoms with Gasteiger partial charge in [0.1, 0.15) is 5.75 Å². The molecule has 0 atom stereocenters. The lowest BCUT2D eigenvalue weighted by molar-refractivity contribution is -0.123. The number of rotatable bonds is 8. The fourth-order valence-corrected chi connectivity index (χ4v) is 2.51. The van der Waals surface area contributed by atoms with Gasteiger partial charge in [-0.15, -0.1) is 0 Å². The number of amides is 1. The molecule has 0 unspecified atom stereocenters. The van der Waals surface area contributed by atoms with Gasteiger partial charge in [0.05, 0.1) is 0 Å². The number of hydrogen-bond acceptors (Lipinski definition) is 2. The van der Waals surface area contributed by atoms with E-state index in [1.165, 1.54) is 11.1 Å². The van der Waals surface area contributed by atoms with Crippen LogP contribution in [0.5, 0.6) is 5.75 Å². The minimum atomic E-state index is -0.0804. The maximum absolute atomic E-state index is 11.9. The van der Waals surface area contributed by atoms with E-state index in [1.807, 2.05) is 19.9 Å². The molecule has 24 heavy (non-hydrogen) atoms. The van der Waals surface area contributed by atoms with Gasteiger partial charge in [-0.1, -0.05) is 53.7 Å². The maximum atomic E-state index is 11.9. The first-order valence-electron chi connectivity index (χ1n) is 9.10. The molecule has 0 fully saturated rings. The van der Waals surface area contributed by atoms with E-state index < -0.39 is 0 Å². The first-order valence-corrected chi connectivity index (χ1v) is 9.10. The van der Waals surface area contributed by atoms with Gasteiger partial charge >= 0.3 is 0 Å². The molecule has 1 aromatic carbocycles. The van der Waals surface area contributed by atoms with E-state index in [0.29, 0.717) is 0 Å². The van der Waals surface area contributed by atoms with Crippen molar-refractivity contribution in [2.24, 2.45) is 0 Å². The summed E-state index contributed by atoms with van der Waals surface area (Å²) in [7, 11) is 0. The number of carbonyl (C=O) groups is 1. The SMILES string of the molecule is CCC(C)(C)c1ccc(OCC(=O)NC(C)C)c(C(C)(C)CC)c1. The molecule has 0 aliphatic rings. The van der Waals surface area contributed by atoms with Crippen LogP contribution in [0.4, 0.5) is 0 Å². The summed E-state index contributed by atoms with van der Waals surface area (Å²) in [6.07, 6.45) is 2.09. The molecule has 1 aromatic rings. The molecule has 0 radical (unpaired) electrons. The number of hydrogen-bond donors (Lipinski definition) is 1. The normalized spacial score (nSPS) is 12.4. The van der Waals surface area contributed by atoms with Crippen LogP contribution in [0.1, 0.15) is 79.4 Å². The van der Waals surface area contributed by atoms with Gasteiger partial charge < -0.3 is 10.1 Å². The maximum Gasteiger partial charge on any atom is 0.258 e. The molecule has 0 aliphatic heterocycles. The summed E-state index contributed by atoms with van der Waals surface area (Å²) >= 11 is 0. The number of ether oxygens (including phenoxy) is 1. The zero-order valence-corrected chi connectivity index (χ0v) is 16.7. The molecule has 0 spiro atoms. The van der Waals surface area contributed by atoms with Crippen molar-refractivity contribution in [2.75, 3.05) is 6.61 Å². The van der Waals surface area contributed by atoms with Crippen molar-refractivity contribution in [1.82, 2.24) is 5.32 Å². The lowest BCUT2D eigenvalue weighted by Crippen LogP contribution is -2.34. The Bertz CT molecular complexity index is 559. The smallest absolute Gasteiger partial charge is 0.258 e. The highest BCUT2D eigenvalue weighted by atomic mass is 16.5. The topological polar surface area (TPSA) is 38.3 Å². The van der Waals surface area contributed by atoms with E-state index in [4.69, 9.17) is 4.74 Å². The monoisotopic (exact) mass is 333 g/mol. The first-order chi connectivity index (χ1) is 11.0. The van der Waals surface area contributed by atoms with Crippen molar-refractivity contribution >= 4 is 5.91 Å². The van der Waals surface area contributed by atoms with E-state index in [1.54, 1.807) is 0 Å². The summed E-state index contributed by atoms with van der Waals surface area (Å²) in [6.45, 7) is 17.3. The second kappa shape index (κ2) is 8.04. The van der Waals surface area contributed by atoms with Crippen LogP contribution in [-0.2, 0) is 15.6 Å². The molecule has 1 N–H and O–H groups in total. The van der Waals surface area contributed by atoms with E-state index in [-0.39, 0.29) is 29.4 Å². The van der Waals surface area contributed by atoms with E-state index in [0.717, 1.165) is 18.6 Å². The van der Waals surface area contributed by atoms with Crippen molar-refractivity contribution < 1.29 is 9.53 Å². The Morgan fingerprint density at radius 3 is 2.17 bits per heavy atom. The average Bonchev–Trinajstić information content (AvgIpc) is 2.52. The number of benzene rings is 1. The van der Waals surface area contributed by atoms with Gasteiger partial charge in [0.25, 0.3) is 5.91 Å². The summed E-state index contributed by atoms with van der Waals surface area (Å²) < 4.78 is 5.88. The zero-order valence-electron chi connectivity index (χ0n) is 16.7. The molecule has 0 aromatic heterocycles. The summed E-state index contributed by atoms with van der Waals surface area (Å²) in [6, 6.07) is 6.56. The Morgan fingerprint density at radius 1 is 1.08 bits per heavy atom. The van der Waals surface area contributed by atoms with Gasteiger partial charge in [0.2, 0.25) is 0 Å². The van der Waals surface area contributed by atoms with Crippen molar-refractivity contribution in [2.45, 2.75) is 85.1 Å². The van der Waals surface area contributed by atoms with Gasteiger partial charge in [-0.2, -0.15) is 0 Å². The van der Waals surface area contributed by atoms with Gasteiger partial charge in [-0.05, 0) is 49.1 Å². The van der Waals surface area contributed by atoms with Crippen molar-refractivity contribution in [3.05, 3.63) is 29.3 Å². The van der Waals surface area contributed by atoms with Crippen LogP contribution in [0.15, 0.2) is 18.2 Å². The second-order valence-electron chi connectivity index (χ2n) is 8.20. The molecule has 1 amide bonds. The molecule has 1 rings (SSSR count). The molecule has 0 bridgehead atoms. The van der Waals surface area contributed by atoms with Gasteiger partial charge in [0, 0.05) is 11.6 Å². The molecular formula is C21H35NO2. The van der Waals surface area contributed by atoms with Crippen molar-refractivity contribution in [3.63, 3.8) is 0 Å². The van der Waals surface area contributed by atoms with Crippen LogP contribution in [0.3, 0.4) is 0 Å². The summed E-state index contributed by atoms with van der Waals surface area (Å²) in [5.41, 5.74) is 2.64. The highest BCUT2D eigenvalue weighted by Gasteiger charge is 2.26. The van der Waals surface area contributed by atoms with Gasteiger partial charge in [-0.25, -0.2) is 0 Å². The highest BCUT2D eigenvalue weighted by molar-refractivity contribution is 5.77. The number of nitrogens with one attached hydrogen (secondary N) is 1. The lowest BCUT2D eigenvalue weighted by Gasteiger charge is -2.30. The highest BCUT2D eigenvalue weighted by Crippen LogP contribution is 2.38. The molecule has 0 saturated heterocycles. The summed E-state index contributed by atoms with van der Waals surface area (Å²) in [4.78, 5) is 11.9. The largest absolute Gasteiger partial charge is 0.483 e. The van der Waals surface area contributed by atoms with E-state index in [2.05, 4.69) is 59.0 Å². The fourth-order valence-electron chi connectivity index (χ4n) is 2.51. The van der Waals surface area contributed by atoms with Crippen molar-refractivity contribution in [3.8, 4) is 5.75 Å². The molecule has 3 heteroatoms. The third-order valence-corrected chi connectivity index (χ3v) is 5.07. The minimum absolute atomic E-state index is 0.00366. The lowest BCUT2D eigenvalue weighted by atomic mass is 9.76. The Balaban J connectivity index is 3.13. The van der Waals surface area contributed by atoms with Crippen LogP contribution in [0, 0.1) is 0 Å². The fraction of sp³-hybridized carbons (Fsp3) is 0.667. The predicted octanol–water partition coefficient (Wildman–Crippen LogP) is 4.97. The minimum Gasteiger partial charge on any atom is -0.483 e. The average molecular weight is 334 g/mol. The molecule has 0 heterocycles. The van der Waals surface area contributed by atoms with E-state index >= 15 is 0 Å². The summed E-state index contributed by atoms with van der Waals surface area (Å²) in [5.74, 6) is 0.736. The van der Waals surface area contributed by atoms with Gasteiger partial charge in [-0.3, -0.25) is 4.79 Å². The molecule has 0 aliphatic carbocycles. The second-order valence-corrected chi connectivity index (χ2v) is 8.20. The Labute approximate surface area is 148 Å². The van der Waals surface area contributed by atoms with Gasteiger partial charge in [0.15, 0.2) is 6.61 Å². The molecule has 136 valence electrons. The standard InChI is InChI=1S/C21H35NO2/c1-9-20(5,6)16-11-12-18(17(13-16)21(7,8)10-2)24-14-19(23)22-15(3)4/h11-13,15H,9-10,14H2,1-8H3,(H,22,23). The zero-order chi connectivity index (χ0) is 18.5. The van der Waals surface area contributed by atoms with Crippen LogP contribution < -0.4 is 10.1 Å². The predicted molar refractivity (Wildman–Crippen MR) is 102 cm³/mol. The molecular weight excluding hydrogens is 298 g/mol. The molecule has 0 saturated carbocycles.